The first-order valence-electron chi connectivity index (χ1n) is 4.51. The molecule has 0 rings (SSSR count). The standard InChI is InChI=1S/C8H17N3O2S/c1-7(2)5-10-14(12,13)11-6-8(3)4-9/h7-8,10-11H,5-6H2,1-3H3. The van der Waals surface area contributed by atoms with Crippen molar-refractivity contribution in [2.45, 2.75) is 20.8 Å². The van der Waals surface area contributed by atoms with Crippen molar-refractivity contribution in [3.8, 4) is 6.07 Å². The van der Waals surface area contributed by atoms with Gasteiger partial charge in [0.25, 0.3) is 10.2 Å². The van der Waals surface area contributed by atoms with Gasteiger partial charge in [-0.25, -0.2) is 9.44 Å². The van der Waals surface area contributed by atoms with Crippen LogP contribution in [0.15, 0.2) is 0 Å². The quantitative estimate of drug-likeness (QED) is 0.670. The lowest BCUT2D eigenvalue weighted by molar-refractivity contribution is 0.541. The van der Waals surface area contributed by atoms with E-state index >= 15 is 0 Å². The summed E-state index contributed by atoms with van der Waals surface area (Å²) in [4.78, 5) is 0. The van der Waals surface area contributed by atoms with Gasteiger partial charge in [0, 0.05) is 13.1 Å². The van der Waals surface area contributed by atoms with E-state index in [-0.39, 0.29) is 18.4 Å². The van der Waals surface area contributed by atoms with Gasteiger partial charge in [-0.3, -0.25) is 0 Å². The minimum Gasteiger partial charge on any atom is -0.202 e. The molecule has 0 aromatic rings. The third-order valence-electron chi connectivity index (χ3n) is 1.48. The first-order chi connectivity index (χ1) is 6.37. The van der Waals surface area contributed by atoms with Crippen LogP contribution in [0, 0.1) is 23.2 Å². The molecule has 2 N–H and O–H groups in total. The van der Waals surface area contributed by atoms with Crippen LogP contribution in [0.3, 0.4) is 0 Å². The Bertz CT molecular complexity index is 292. The van der Waals surface area contributed by atoms with E-state index in [9.17, 15) is 8.42 Å². The van der Waals surface area contributed by atoms with Crippen LogP contribution >= 0.6 is 0 Å². The molecule has 0 aromatic heterocycles. The summed E-state index contributed by atoms with van der Waals surface area (Å²) in [7, 11) is -3.43. The second-order valence-electron chi connectivity index (χ2n) is 3.62. The van der Waals surface area contributed by atoms with Crippen molar-refractivity contribution in [2.75, 3.05) is 13.1 Å². The third kappa shape index (κ3) is 6.83. The van der Waals surface area contributed by atoms with Crippen LogP contribution in [0.2, 0.25) is 0 Å². The molecule has 0 aliphatic rings. The molecule has 0 radical (unpaired) electrons. The molecule has 0 amide bonds. The first-order valence-corrected chi connectivity index (χ1v) is 5.99. The fourth-order valence-corrected chi connectivity index (χ4v) is 1.73. The lowest BCUT2D eigenvalue weighted by Gasteiger charge is -2.10. The fraction of sp³-hybridized carbons (Fsp3) is 0.875. The maximum atomic E-state index is 11.2. The number of nitrogens with one attached hydrogen (secondary N) is 2. The maximum Gasteiger partial charge on any atom is 0.276 e. The van der Waals surface area contributed by atoms with Crippen LogP contribution in [-0.4, -0.2) is 21.5 Å². The van der Waals surface area contributed by atoms with Crippen LogP contribution < -0.4 is 9.44 Å². The van der Waals surface area contributed by atoms with E-state index in [1.165, 1.54) is 0 Å². The van der Waals surface area contributed by atoms with Gasteiger partial charge < -0.3 is 0 Å². The lowest BCUT2D eigenvalue weighted by Crippen LogP contribution is -2.40. The zero-order valence-electron chi connectivity index (χ0n) is 8.74. The third-order valence-corrected chi connectivity index (χ3v) is 2.57. The summed E-state index contributed by atoms with van der Waals surface area (Å²) in [6.45, 7) is 6.03. The molecule has 0 heterocycles. The van der Waals surface area contributed by atoms with Crippen LogP contribution in [-0.2, 0) is 10.2 Å². The van der Waals surface area contributed by atoms with Gasteiger partial charge in [-0.2, -0.15) is 13.7 Å². The Labute approximate surface area is 85.7 Å². The molecule has 0 aliphatic heterocycles. The van der Waals surface area contributed by atoms with Crippen LogP contribution in [0.5, 0.6) is 0 Å². The Morgan fingerprint density at radius 1 is 1.21 bits per heavy atom. The number of hydrogen-bond acceptors (Lipinski definition) is 3. The molecule has 0 saturated carbocycles. The Morgan fingerprint density at radius 3 is 2.14 bits per heavy atom. The number of nitrogens with zero attached hydrogens (tertiary/aromatic N) is 1. The van der Waals surface area contributed by atoms with Crippen molar-refractivity contribution in [1.29, 1.82) is 5.26 Å². The molecule has 0 aliphatic carbocycles. The summed E-state index contributed by atoms with van der Waals surface area (Å²) in [5.41, 5.74) is 0. The smallest absolute Gasteiger partial charge is 0.202 e. The zero-order chi connectivity index (χ0) is 11.2. The van der Waals surface area contributed by atoms with Crippen molar-refractivity contribution in [1.82, 2.24) is 9.44 Å². The highest BCUT2D eigenvalue weighted by Gasteiger charge is 2.10. The monoisotopic (exact) mass is 219 g/mol. The van der Waals surface area contributed by atoms with Gasteiger partial charge in [-0.15, -0.1) is 0 Å². The van der Waals surface area contributed by atoms with Gasteiger partial charge in [0.1, 0.15) is 0 Å². The topological polar surface area (TPSA) is 82.0 Å². The number of hydrogen-bond donors (Lipinski definition) is 2. The van der Waals surface area contributed by atoms with E-state index < -0.39 is 10.2 Å². The predicted octanol–water partition coefficient (Wildman–Crippen LogP) is 0.226. The minimum atomic E-state index is -3.43. The largest absolute Gasteiger partial charge is 0.276 e. The molecule has 82 valence electrons. The molecule has 0 fully saturated rings. The molecule has 1 atom stereocenters. The summed E-state index contributed by atoms with van der Waals surface area (Å²) < 4.78 is 27.1. The predicted molar refractivity (Wildman–Crippen MR) is 54.5 cm³/mol. The molecule has 5 nitrogen and oxygen atoms in total. The maximum absolute atomic E-state index is 11.2. The van der Waals surface area contributed by atoms with E-state index in [2.05, 4.69) is 9.44 Å². The fourth-order valence-electron chi connectivity index (χ4n) is 0.608. The van der Waals surface area contributed by atoms with Crippen molar-refractivity contribution in [2.24, 2.45) is 11.8 Å². The molecule has 0 saturated heterocycles. The molecule has 0 spiro atoms. The van der Waals surface area contributed by atoms with Gasteiger partial charge in [0.15, 0.2) is 0 Å². The van der Waals surface area contributed by atoms with Crippen molar-refractivity contribution in [3.63, 3.8) is 0 Å². The lowest BCUT2D eigenvalue weighted by atomic mass is 10.2. The Kier molecular flexibility index (Phi) is 5.69. The minimum absolute atomic E-state index is 0.143. The van der Waals surface area contributed by atoms with E-state index in [0.29, 0.717) is 6.54 Å². The molecule has 14 heavy (non-hydrogen) atoms. The zero-order valence-corrected chi connectivity index (χ0v) is 9.56. The highest BCUT2D eigenvalue weighted by molar-refractivity contribution is 7.87. The van der Waals surface area contributed by atoms with Gasteiger partial charge in [-0.1, -0.05) is 13.8 Å². The summed E-state index contributed by atoms with van der Waals surface area (Å²) in [6.07, 6.45) is 0. The van der Waals surface area contributed by atoms with Gasteiger partial charge in [0.2, 0.25) is 0 Å². The van der Waals surface area contributed by atoms with Crippen molar-refractivity contribution >= 4 is 10.2 Å². The van der Waals surface area contributed by atoms with E-state index in [4.69, 9.17) is 5.26 Å². The summed E-state index contributed by atoms with van der Waals surface area (Å²) in [5.74, 6) is -0.0504. The Morgan fingerprint density at radius 2 is 1.71 bits per heavy atom. The molecule has 0 aromatic carbocycles. The van der Waals surface area contributed by atoms with Crippen molar-refractivity contribution < 1.29 is 8.42 Å². The van der Waals surface area contributed by atoms with Gasteiger partial charge in [0.05, 0.1) is 12.0 Å². The first kappa shape index (κ1) is 13.4. The van der Waals surface area contributed by atoms with Crippen molar-refractivity contribution in [3.05, 3.63) is 0 Å². The second kappa shape index (κ2) is 5.96. The molecular weight excluding hydrogens is 202 g/mol. The normalized spacial score (nSPS) is 13.9. The highest BCUT2D eigenvalue weighted by Crippen LogP contribution is 1.91. The molecule has 0 bridgehead atoms. The molecule has 1 unspecified atom stereocenters. The van der Waals surface area contributed by atoms with Crippen LogP contribution in [0.25, 0.3) is 0 Å². The van der Waals surface area contributed by atoms with Gasteiger partial charge in [-0.05, 0) is 12.8 Å². The summed E-state index contributed by atoms with van der Waals surface area (Å²) in [5, 5.41) is 8.44. The van der Waals surface area contributed by atoms with E-state index in [0.717, 1.165) is 0 Å². The average molecular weight is 219 g/mol. The van der Waals surface area contributed by atoms with Crippen LogP contribution in [0.1, 0.15) is 20.8 Å². The molecular formula is C8H17N3O2S. The summed E-state index contributed by atoms with van der Waals surface area (Å²) in [6, 6.07) is 1.95. The Balaban J connectivity index is 3.92. The Hall–Kier alpha value is -0.640. The highest BCUT2D eigenvalue weighted by atomic mass is 32.2. The SMILES string of the molecule is CC(C)CNS(=O)(=O)NCC(C)C#N. The summed E-state index contributed by atoms with van der Waals surface area (Å²) >= 11 is 0. The van der Waals surface area contributed by atoms with Gasteiger partial charge >= 0.3 is 0 Å². The average Bonchev–Trinajstić information content (AvgIpc) is 2.11. The second-order valence-corrected chi connectivity index (χ2v) is 5.21. The molecule has 6 heteroatoms. The number of rotatable bonds is 6. The number of nitriles is 1. The van der Waals surface area contributed by atoms with Crippen LogP contribution in [0.4, 0.5) is 0 Å². The van der Waals surface area contributed by atoms with E-state index in [1.807, 2.05) is 19.9 Å². The van der Waals surface area contributed by atoms with E-state index in [1.54, 1.807) is 6.92 Å².